The molecule has 5 fully saturated rings. The molecule has 0 amide bonds. The van der Waals surface area contributed by atoms with Gasteiger partial charge in [0.2, 0.25) is 5.79 Å². The number of esters is 1. The molecule has 1 spiro atoms. The van der Waals surface area contributed by atoms with Crippen molar-refractivity contribution in [2.75, 3.05) is 6.61 Å². The lowest BCUT2D eigenvalue weighted by Gasteiger charge is -2.60. The lowest BCUT2D eigenvalue weighted by molar-refractivity contribution is -0.571. The molecular weight excluding hydrogens is 476 g/mol. The maximum atomic E-state index is 12.3. The molecule has 0 N–H and O–H groups in total. The van der Waals surface area contributed by atoms with Crippen molar-refractivity contribution in [2.24, 2.45) is 23.7 Å². The summed E-state index contributed by atoms with van der Waals surface area (Å²) in [6.07, 6.45) is 5.36. The highest BCUT2D eigenvalue weighted by Gasteiger charge is 2.69. The summed E-state index contributed by atoms with van der Waals surface area (Å²) in [5.41, 5.74) is 0.0468. The van der Waals surface area contributed by atoms with E-state index in [1.165, 1.54) is 6.42 Å². The van der Waals surface area contributed by atoms with Gasteiger partial charge in [0.05, 0.1) is 18.3 Å². The van der Waals surface area contributed by atoms with Crippen LogP contribution in [-0.4, -0.2) is 36.4 Å². The van der Waals surface area contributed by atoms with Crippen LogP contribution in [0.4, 0.5) is 0 Å². The molecule has 1 aromatic rings. The highest BCUT2D eigenvalue weighted by molar-refractivity contribution is 9.10. The molecular formula is C25H33BrO6. The Morgan fingerprint density at radius 2 is 1.91 bits per heavy atom. The molecule has 1 aromatic carbocycles. The van der Waals surface area contributed by atoms with Crippen molar-refractivity contribution in [1.29, 1.82) is 0 Å². The quantitative estimate of drug-likeness (QED) is 0.291. The molecule has 6 nitrogen and oxygen atoms in total. The van der Waals surface area contributed by atoms with E-state index in [1.807, 2.05) is 19.1 Å². The predicted molar refractivity (Wildman–Crippen MR) is 120 cm³/mol. The van der Waals surface area contributed by atoms with Crippen LogP contribution in [0.1, 0.15) is 69.7 Å². The normalized spacial score (nSPS) is 42.8. The van der Waals surface area contributed by atoms with Crippen molar-refractivity contribution < 1.29 is 28.8 Å². The van der Waals surface area contributed by atoms with Gasteiger partial charge in [0, 0.05) is 16.8 Å². The molecule has 5 aliphatic rings. The third kappa shape index (κ3) is 3.84. The van der Waals surface area contributed by atoms with Crippen molar-refractivity contribution in [3.8, 4) is 0 Å². The van der Waals surface area contributed by atoms with Gasteiger partial charge in [-0.25, -0.2) is 14.6 Å². The van der Waals surface area contributed by atoms with Gasteiger partial charge in [-0.3, -0.25) is 0 Å². The first-order valence-corrected chi connectivity index (χ1v) is 12.7. The average Bonchev–Trinajstić information content (AvgIpc) is 3.00. The second-order valence-electron chi connectivity index (χ2n) is 10.2. The SMILES string of the molecule is C[C@H]1[C@@H](CCCOC(=O)c2ccc(Br)cc2)OC2OC3(C)CC[C@H]4[C@H](C)CC[C@@H]1[C@@]24OO3. The second-order valence-corrected chi connectivity index (χ2v) is 11.1. The maximum Gasteiger partial charge on any atom is 0.338 e. The molecule has 1 saturated carbocycles. The summed E-state index contributed by atoms with van der Waals surface area (Å²) in [6, 6.07) is 7.21. The number of benzene rings is 1. The van der Waals surface area contributed by atoms with Gasteiger partial charge >= 0.3 is 5.97 Å². The number of rotatable bonds is 5. The summed E-state index contributed by atoms with van der Waals surface area (Å²) in [4.78, 5) is 24.3. The van der Waals surface area contributed by atoms with Gasteiger partial charge in [0.1, 0.15) is 0 Å². The van der Waals surface area contributed by atoms with E-state index in [0.29, 0.717) is 35.8 Å². The van der Waals surface area contributed by atoms with E-state index in [4.69, 9.17) is 24.0 Å². The lowest BCUT2D eigenvalue weighted by atomic mass is 9.57. The molecule has 2 bridgehead atoms. The molecule has 8 atom stereocenters. The monoisotopic (exact) mass is 508 g/mol. The zero-order valence-corrected chi connectivity index (χ0v) is 20.6. The van der Waals surface area contributed by atoms with Crippen molar-refractivity contribution >= 4 is 21.9 Å². The summed E-state index contributed by atoms with van der Waals surface area (Å²) in [6.45, 7) is 6.92. The number of hydrogen-bond donors (Lipinski definition) is 0. The minimum Gasteiger partial charge on any atom is -0.462 e. The number of halogens is 1. The fraction of sp³-hybridized carbons (Fsp3) is 0.720. The van der Waals surface area contributed by atoms with Crippen LogP contribution >= 0.6 is 15.9 Å². The molecule has 1 aliphatic carbocycles. The molecule has 7 heteroatoms. The molecule has 6 rings (SSSR count). The molecule has 0 radical (unpaired) electrons. The Kier molecular flexibility index (Phi) is 6.16. The van der Waals surface area contributed by atoms with E-state index >= 15 is 0 Å². The molecule has 32 heavy (non-hydrogen) atoms. The Labute approximate surface area is 198 Å². The Hall–Kier alpha value is -0.990. The summed E-state index contributed by atoms with van der Waals surface area (Å²) in [5, 5.41) is 0. The first kappa shape index (κ1) is 22.8. The smallest absolute Gasteiger partial charge is 0.338 e. The van der Waals surface area contributed by atoms with Crippen LogP contribution < -0.4 is 0 Å². The lowest BCUT2D eigenvalue weighted by Crippen LogP contribution is -2.70. The number of hydrogen-bond acceptors (Lipinski definition) is 6. The van der Waals surface area contributed by atoms with Crippen LogP contribution in [0.3, 0.4) is 0 Å². The van der Waals surface area contributed by atoms with Crippen molar-refractivity contribution in [3.63, 3.8) is 0 Å². The van der Waals surface area contributed by atoms with Gasteiger partial charge in [0.15, 0.2) is 11.9 Å². The van der Waals surface area contributed by atoms with Crippen LogP contribution in [-0.2, 0) is 24.0 Å². The van der Waals surface area contributed by atoms with Gasteiger partial charge in [-0.2, -0.15) is 0 Å². The topological polar surface area (TPSA) is 63.2 Å². The van der Waals surface area contributed by atoms with Crippen LogP contribution in [0.15, 0.2) is 28.7 Å². The minimum atomic E-state index is -0.747. The van der Waals surface area contributed by atoms with Crippen molar-refractivity contribution in [1.82, 2.24) is 0 Å². The third-order valence-corrected chi connectivity index (χ3v) is 8.77. The number of carbonyl (C=O) groups is 1. The van der Waals surface area contributed by atoms with Crippen LogP contribution in [0, 0.1) is 23.7 Å². The Bertz CT molecular complexity index is 845. The van der Waals surface area contributed by atoms with Gasteiger partial charge < -0.3 is 14.2 Å². The fourth-order valence-electron chi connectivity index (χ4n) is 6.43. The van der Waals surface area contributed by atoms with E-state index in [1.54, 1.807) is 12.1 Å². The standard InChI is InChI=1S/C25H33BrO6/c1-15-6-11-20-16(2)21(5-4-14-28-22(27)17-7-9-18(26)10-8-17)29-23-25(20)19(15)12-13-24(3,30-23)31-32-25/h7-10,15-16,19-21,23H,4-6,11-14H2,1-3H3/t15-,16-,19+,20+,21-,23?,24?,25-/m1/s1. The Morgan fingerprint density at radius 1 is 1.12 bits per heavy atom. The van der Waals surface area contributed by atoms with Gasteiger partial charge in [0.25, 0.3) is 0 Å². The minimum absolute atomic E-state index is 0.0441. The van der Waals surface area contributed by atoms with E-state index in [-0.39, 0.29) is 12.1 Å². The van der Waals surface area contributed by atoms with Gasteiger partial charge in [-0.1, -0.05) is 29.8 Å². The van der Waals surface area contributed by atoms with Crippen LogP contribution in [0.5, 0.6) is 0 Å². The Balaban J connectivity index is 1.23. The summed E-state index contributed by atoms with van der Waals surface area (Å²) in [5.74, 6) is 0.556. The number of ether oxygens (including phenoxy) is 3. The van der Waals surface area contributed by atoms with Crippen molar-refractivity contribution in [3.05, 3.63) is 34.3 Å². The highest BCUT2D eigenvalue weighted by atomic mass is 79.9. The molecule has 176 valence electrons. The molecule has 4 heterocycles. The molecule has 4 saturated heterocycles. The molecule has 0 aromatic heterocycles. The number of carbonyl (C=O) groups excluding carboxylic acids is 1. The molecule has 2 unspecified atom stereocenters. The molecule has 4 aliphatic heterocycles. The van der Waals surface area contributed by atoms with Crippen LogP contribution in [0.25, 0.3) is 0 Å². The second kappa shape index (κ2) is 8.66. The first-order chi connectivity index (χ1) is 15.3. The largest absolute Gasteiger partial charge is 0.462 e. The van der Waals surface area contributed by atoms with E-state index in [2.05, 4.69) is 29.8 Å². The van der Waals surface area contributed by atoms with E-state index < -0.39 is 17.7 Å². The van der Waals surface area contributed by atoms with E-state index in [0.717, 1.165) is 36.6 Å². The summed E-state index contributed by atoms with van der Waals surface area (Å²) in [7, 11) is 0. The summed E-state index contributed by atoms with van der Waals surface area (Å²) >= 11 is 3.38. The zero-order chi connectivity index (χ0) is 22.5. The zero-order valence-electron chi connectivity index (χ0n) is 19.1. The van der Waals surface area contributed by atoms with Crippen LogP contribution in [0.2, 0.25) is 0 Å². The maximum absolute atomic E-state index is 12.3. The first-order valence-electron chi connectivity index (χ1n) is 12.0. The van der Waals surface area contributed by atoms with Gasteiger partial charge in [-0.05, 0) is 81.0 Å². The fourth-order valence-corrected chi connectivity index (χ4v) is 6.69. The highest BCUT2D eigenvalue weighted by Crippen LogP contribution is 2.60. The van der Waals surface area contributed by atoms with Crippen molar-refractivity contribution in [2.45, 2.75) is 83.1 Å². The predicted octanol–water partition coefficient (Wildman–Crippen LogP) is 5.64. The number of fused-ring (bicyclic) bond motifs is 2. The summed E-state index contributed by atoms with van der Waals surface area (Å²) < 4.78 is 19.4. The Morgan fingerprint density at radius 3 is 2.69 bits per heavy atom. The average molecular weight is 509 g/mol. The van der Waals surface area contributed by atoms with Gasteiger partial charge in [-0.15, -0.1) is 0 Å². The third-order valence-electron chi connectivity index (χ3n) is 8.24. The van der Waals surface area contributed by atoms with E-state index in [9.17, 15) is 4.79 Å².